The van der Waals surface area contributed by atoms with Crippen LogP contribution < -0.4 is 21.1 Å². The van der Waals surface area contributed by atoms with Crippen LogP contribution in [0.4, 0.5) is 10.5 Å². The van der Waals surface area contributed by atoms with Gasteiger partial charge in [0.2, 0.25) is 15.9 Å². The number of rotatable bonds is 8. The van der Waals surface area contributed by atoms with E-state index in [4.69, 9.17) is 10.5 Å². The molecule has 0 radical (unpaired) electrons. The second-order valence-corrected chi connectivity index (χ2v) is 6.48. The molecule has 1 atom stereocenters. The Morgan fingerprint density at radius 2 is 1.87 bits per heavy atom. The highest BCUT2D eigenvalue weighted by atomic mass is 32.2. The standard InChI is InChI=1S/C13H20N4O5S/c1-9(8-22-2)17-23(20,21)11-5-3-10(4-6-11)16-12(18)7-15-13(14)19/h3-6,9,17H,7-8H2,1-2H3,(H,16,18)(H3,14,15,19)/t9-/m1/s1. The molecule has 0 aliphatic rings. The number of anilines is 1. The molecule has 0 fully saturated rings. The molecule has 0 saturated carbocycles. The largest absolute Gasteiger partial charge is 0.383 e. The summed E-state index contributed by atoms with van der Waals surface area (Å²) in [6, 6.07) is 4.43. The number of sulfonamides is 1. The number of methoxy groups -OCH3 is 1. The van der Waals surface area contributed by atoms with E-state index in [0.717, 1.165) is 0 Å². The van der Waals surface area contributed by atoms with E-state index in [2.05, 4.69) is 15.4 Å². The van der Waals surface area contributed by atoms with Gasteiger partial charge in [0, 0.05) is 18.8 Å². The molecular formula is C13H20N4O5S. The second kappa shape index (κ2) is 8.46. The Hall–Kier alpha value is -2.17. The SMILES string of the molecule is COC[C@@H](C)NS(=O)(=O)c1ccc(NC(=O)CNC(N)=O)cc1. The second-order valence-electron chi connectivity index (χ2n) is 4.77. The molecule has 10 heteroatoms. The van der Waals surface area contributed by atoms with Crippen LogP contribution in [-0.2, 0) is 19.6 Å². The Labute approximate surface area is 134 Å². The van der Waals surface area contributed by atoms with Crippen molar-refractivity contribution < 1.29 is 22.7 Å². The molecule has 9 nitrogen and oxygen atoms in total. The lowest BCUT2D eigenvalue weighted by Crippen LogP contribution is -2.36. The van der Waals surface area contributed by atoms with Crippen molar-refractivity contribution in [2.75, 3.05) is 25.6 Å². The molecule has 0 aromatic heterocycles. The number of hydrogen-bond donors (Lipinski definition) is 4. The maximum Gasteiger partial charge on any atom is 0.312 e. The van der Waals surface area contributed by atoms with Gasteiger partial charge in [-0.1, -0.05) is 0 Å². The minimum Gasteiger partial charge on any atom is -0.383 e. The number of amides is 3. The number of carbonyl (C=O) groups is 2. The zero-order chi connectivity index (χ0) is 17.5. The summed E-state index contributed by atoms with van der Waals surface area (Å²) in [4.78, 5) is 22.0. The van der Waals surface area contributed by atoms with E-state index >= 15 is 0 Å². The van der Waals surface area contributed by atoms with Crippen LogP contribution in [-0.4, -0.2) is 46.7 Å². The first-order valence-electron chi connectivity index (χ1n) is 6.69. The van der Waals surface area contributed by atoms with Crippen molar-refractivity contribution in [2.45, 2.75) is 17.9 Å². The lowest BCUT2D eigenvalue weighted by Gasteiger charge is -2.13. The Morgan fingerprint density at radius 1 is 1.26 bits per heavy atom. The zero-order valence-electron chi connectivity index (χ0n) is 12.8. The van der Waals surface area contributed by atoms with Gasteiger partial charge in [-0.25, -0.2) is 17.9 Å². The van der Waals surface area contributed by atoms with Gasteiger partial charge in [0.05, 0.1) is 18.0 Å². The summed E-state index contributed by atoms with van der Waals surface area (Å²) in [5.41, 5.74) is 5.24. The summed E-state index contributed by atoms with van der Waals surface area (Å²) in [7, 11) is -2.18. The summed E-state index contributed by atoms with van der Waals surface area (Å²) in [6.45, 7) is 1.66. The highest BCUT2D eigenvalue weighted by Gasteiger charge is 2.17. The number of nitrogens with two attached hydrogens (primary N) is 1. The van der Waals surface area contributed by atoms with E-state index in [1.165, 1.54) is 31.4 Å². The quantitative estimate of drug-likeness (QED) is 0.508. The fourth-order valence-corrected chi connectivity index (χ4v) is 2.94. The third-order valence-corrected chi connectivity index (χ3v) is 4.25. The van der Waals surface area contributed by atoms with E-state index in [1.807, 2.05) is 0 Å². The highest BCUT2D eigenvalue weighted by Crippen LogP contribution is 2.14. The van der Waals surface area contributed by atoms with Gasteiger partial charge in [-0.05, 0) is 31.2 Å². The van der Waals surface area contributed by atoms with Crippen molar-refractivity contribution in [2.24, 2.45) is 5.73 Å². The van der Waals surface area contributed by atoms with Crippen LogP contribution in [0.2, 0.25) is 0 Å². The first kappa shape index (κ1) is 18.9. The minimum absolute atomic E-state index is 0.0636. The van der Waals surface area contributed by atoms with Crippen molar-refractivity contribution in [3.8, 4) is 0 Å². The predicted octanol–water partition coefficient (Wildman–Crippen LogP) is -0.393. The first-order valence-corrected chi connectivity index (χ1v) is 8.17. The van der Waals surface area contributed by atoms with E-state index in [9.17, 15) is 18.0 Å². The third-order valence-electron chi connectivity index (χ3n) is 2.64. The van der Waals surface area contributed by atoms with E-state index < -0.39 is 22.0 Å². The number of primary amides is 1. The number of hydrogen-bond acceptors (Lipinski definition) is 5. The fraction of sp³-hybridized carbons (Fsp3) is 0.385. The Kier molecular flexibility index (Phi) is 6.94. The van der Waals surface area contributed by atoms with E-state index in [1.54, 1.807) is 6.92 Å². The van der Waals surface area contributed by atoms with Gasteiger partial charge in [0.1, 0.15) is 0 Å². The van der Waals surface area contributed by atoms with E-state index in [-0.39, 0.29) is 24.1 Å². The summed E-state index contributed by atoms with van der Waals surface area (Å²) < 4.78 is 31.6. The normalized spacial score (nSPS) is 12.4. The maximum absolute atomic E-state index is 12.1. The summed E-state index contributed by atoms with van der Waals surface area (Å²) in [6.07, 6.45) is 0. The van der Waals surface area contributed by atoms with Gasteiger partial charge >= 0.3 is 6.03 Å². The van der Waals surface area contributed by atoms with Gasteiger partial charge < -0.3 is 21.1 Å². The van der Waals surface area contributed by atoms with Crippen LogP contribution in [0.1, 0.15) is 6.92 Å². The molecule has 1 aromatic carbocycles. The summed E-state index contributed by atoms with van der Waals surface area (Å²) in [5, 5.41) is 4.64. The molecule has 3 amide bonds. The summed E-state index contributed by atoms with van der Waals surface area (Å²) >= 11 is 0. The van der Waals surface area contributed by atoms with Gasteiger partial charge in [-0.3, -0.25) is 4.79 Å². The number of carbonyl (C=O) groups excluding carboxylic acids is 2. The van der Waals surface area contributed by atoms with Crippen LogP contribution in [0.5, 0.6) is 0 Å². The average Bonchev–Trinajstić information content (AvgIpc) is 2.45. The van der Waals surface area contributed by atoms with Gasteiger partial charge in [-0.2, -0.15) is 0 Å². The fourth-order valence-electron chi connectivity index (χ4n) is 1.71. The third kappa shape index (κ3) is 6.63. The maximum atomic E-state index is 12.1. The smallest absolute Gasteiger partial charge is 0.312 e. The molecule has 0 bridgehead atoms. The Balaban J connectivity index is 2.68. The van der Waals surface area contributed by atoms with Crippen molar-refractivity contribution in [3.63, 3.8) is 0 Å². The monoisotopic (exact) mass is 344 g/mol. The molecule has 5 N–H and O–H groups in total. The predicted molar refractivity (Wildman–Crippen MR) is 84.3 cm³/mol. The molecule has 0 heterocycles. The van der Waals surface area contributed by atoms with Gasteiger partial charge in [0.25, 0.3) is 0 Å². The Morgan fingerprint density at radius 3 is 2.39 bits per heavy atom. The molecule has 0 spiro atoms. The topological polar surface area (TPSA) is 140 Å². The molecule has 1 aromatic rings. The number of benzene rings is 1. The molecular weight excluding hydrogens is 324 g/mol. The molecule has 0 saturated heterocycles. The zero-order valence-corrected chi connectivity index (χ0v) is 13.6. The average molecular weight is 344 g/mol. The highest BCUT2D eigenvalue weighted by molar-refractivity contribution is 7.89. The lowest BCUT2D eigenvalue weighted by molar-refractivity contribution is -0.115. The lowest BCUT2D eigenvalue weighted by atomic mass is 10.3. The van der Waals surface area contributed by atoms with Gasteiger partial charge in [0.15, 0.2) is 0 Å². The summed E-state index contributed by atoms with van der Waals surface area (Å²) in [5.74, 6) is -0.480. The molecule has 128 valence electrons. The van der Waals surface area contributed by atoms with Crippen molar-refractivity contribution in [3.05, 3.63) is 24.3 Å². The van der Waals surface area contributed by atoms with Crippen LogP contribution in [0.3, 0.4) is 0 Å². The molecule has 23 heavy (non-hydrogen) atoms. The van der Waals surface area contributed by atoms with Crippen LogP contribution in [0.25, 0.3) is 0 Å². The molecule has 0 unspecified atom stereocenters. The molecule has 0 aliphatic heterocycles. The van der Waals surface area contributed by atoms with Gasteiger partial charge in [-0.15, -0.1) is 0 Å². The molecule has 0 aliphatic carbocycles. The first-order chi connectivity index (χ1) is 10.7. The number of nitrogens with one attached hydrogen (secondary N) is 3. The van der Waals surface area contributed by atoms with Crippen LogP contribution in [0.15, 0.2) is 29.2 Å². The van der Waals surface area contributed by atoms with E-state index in [0.29, 0.717) is 5.69 Å². The molecule has 1 rings (SSSR count). The van der Waals surface area contributed by atoms with Crippen LogP contribution in [0, 0.1) is 0 Å². The van der Waals surface area contributed by atoms with Crippen molar-refractivity contribution >= 4 is 27.6 Å². The Bertz CT molecular complexity index is 645. The number of ether oxygens (including phenoxy) is 1. The minimum atomic E-state index is -3.66. The number of urea groups is 1. The van der Waals surface area contributed by atoms with Crippen LogP contribution >= 0.6 is 0 Å². The van der Waals surface area contributed by atoms with Crippen molar-refractivity contribution in [1.29, 1.82) is 0 Å². The van der Waals surface area contributed by atoms with Crippen molar-refractivity contribution in [1.82, 2.24) is 10.0 Å².